The Bertz CT molecular complexity index is 657. The molecule has 0 aliphatic rings. The Kier molecular flexibility index (Phi) is 3.60. The molecule has 18 heavy (non-hydrogen) atoms. The molecule has 96 valence electrons. The van der Waals surface area contributed by atoms with Crippen LogP contribution in [-0.2, 0) is 16.6 Å². The van der Waals surface area contributed by atoms with Crippen LogP contribution in [0.5, 0.6) is 0 Å². The van der Waals surface area contributed by atoms with E-state index in [0.717, 1.165) is 9.88 Å². The van der Waals surface area contributed by atoms with Crippen LogP contribution in [0, 0.1) is 6.92 Å². The number of aldehydes is 1. The third-order valence-corrected chi connectivity index (χ3v) is 4.27. The predicted molar refractivity (Wildman–Crippen MR) is 65.0 cm³/mol. The van der Waals surface area contributed by atoms with E-state index in [0.29, 0.717) is 6.29 Å². The smallest absolute Gasteiger partial charge is 0.274 e. The highest BCUT2D eigenvalue weighted by Crippen LogP contribution is 2.15. The minimum Gasteiger partial charge on any atom is -0.440 e. The number of furan rings is 1. The van der Waals surface area contributed by atoms with E-state index in [1.807, 2.05) is 6.92 Å². The standard InChI is InChI=1S/C10H10N2O4S2/c1-7-11-4-9(17-7)5-12-18(14,15)10-3-2-8(6-13)16-10/h2-4,6,12H,5H2,1H3. The van der Waals surface area contributed by atoms with Crippen molar-refractivity contribution < 1.29 is 17.6 Å². The second kappa shape index (κ2) is 5.01. The number of carbonyl (C=O) groups excluding carboxylic acids is 1. The Balaban J connectivity index is 2.09. The minimum atomic E-state index is -3.74. The summed E-state index contributed by atoms with van der Waals surface area (Å²) < 4.78 is 30.8. The van der Waals surface area contributed by atoms with E-state index in [1.165, 1.54) is 23.5 Å². The van der Waals surface area contributed by atoms with Crippen LogP contribution in [0.3, 0.4) is 0 Å². The Morgan fingerprint density at radius 1 is 1.50 bits per heavy atom. The zero-order valence-corrected chi connectivity index (χ0v) is 11.0. The van der Waals surface area contributed by atoms with Gasteiger partial charge in [-0.2, -0.15) is 0 Å². The molecule has 0 radical (unpaired) electrons. The number of aryl methyl sites for hydroxylation is 1. The molecule has 6 nitrogen and oxygen atoms in total. The number of hydrogen-bond donors (Lipinski definition) is 1. The van der Waals surface area contributed by atoms with Gasteiger partial charge in [0.15, 0.2) is 12.0 Å². The Morgan fingerprint density at radius 3 is 2.83 bits per heavy atom. The summed E-state index contributed by atoms with van der Waals surface area (Å²) in [7, 11) is -3.74. The number of hydrogen-bond acceptors (Lipinski definition) is 6. The molecular formula is C10H10N2O4S2. The minimum absolute atomic E-state index is 0.0241. The van der Waals surface area contributed by atoms with Crippen molar-refractivity contribution in [3.05, 3.63) is 34.0 Å². The lowest BCUT2D eigenvalue weighted by molar-refractivity contribution is 0.109. The zero-order valence-electron chi connectivity index (χ0n) is 9.41. The second-order valence-electron chi connectivity index (χ2n) is 3.44. The molecule has 0 unspecified atom stereocenters. The fraction of sp³-hybridized carbons (Fsp3) is 0.200. The number of nitrogens with one attached hydrogen (secondary N) is 1. The van der Waals surface area contributed by atoms with Gasteiger partial charge in [-0.1, -0.05) is 0 Å². The monoisotopic (exact) mass is 286 g/mol. The predicted octanol–water partition coefficient (Wildman–Crippen LogP) is 1.34. The van der Waals surface area contributed by atoms with Gasteiger partial charge in [-0.25, -0.2) is 18.1 Å². The van der Waals surface area contributed by atoms with Crippen LogP contribution in [0.15, 0.2) is 27.8 Å². The third kappa shape index (κ3) is 2.84. The molecule has 0 spiro atoms. The summed E-state index contributed by atoms with van der Waals surface area (Å²) >= 11 is 1.41. The first-order chi connectivity index (χ1) is 8.51. The Labute approximate surface area is 108 Å². The van der Waals surface area contributed by atoms with Crippen molar-refractivity contribution in [3.63, 3.8) is 0 Å². The van der Waals surface area contributed by atoms with Crippen LogP contribution >= 0.6 is 11.3 Å². The number of carbonyl (C=O) groups is 1. The van der Waals surface area contributed by atoms with Gasteiger partial charge in [-0.15, -0.1) is 11.3 Å². The van der Waals surface area contributed by atoms with Crippen LogP contribution in [0.1, 0.15) is 20.4 Å². The molecule has 8 heteroatoms. The molecule has 1 N–H and O–H groups in total. The summed E-state index contributed by atoms with van der Waals surface area (Å²) in [5, 5.41) is 0.594. The van der Waals surface area contributed by atoms with Crippen molar-refractivity contribution in [2.45, 2.75) is 18.6 Å². The number of sulfonamides is 1. The van der Waals surface area contributed by atoms with Crippen LogP contribution in [0.2, 0.25) is 0 Å². The molecule has 0 bridgehead atoms. The number of thiazole rings is 1. The molecular weight excluding hydrogens is 276 g/mol. The van der Waals surface area contributed by atoms with Gasteiger partial charge in [-0.05, 0) is 19.1 Å². The molecule has 2 rings (SSSR count). The van der Waals surface area contributed by atoms with Gasteiger partial charge in [0.1, 0.15) is 0 Å². The summed E-state index contributed by atoms with van der Waals surface area (Å²) in [5.41, 5.74) is 0. The number of rotatable bonds is 5. The highest BCUT2D eigenvalue weighted by atomic mass is 32.2. The third-order valence-electron chi connectivity index (χ3n) is 2.09. The molecule has 0 atom stereocenters. The van der Waals surface area contributed by atoms with Crippen LogP contribution < -0.4 is 4.72 Å². The number of aromatic nitrogens is 1. The van der Waals surface area contributed by atoms with Crippen molar-refractivity contribution in [3.8, 4) is 0 Å². The average molecular weight is 286 g/mol. The zero-order chi connectivity index (χ0) is 13.2. The normalized spacial score (nSPS) is 11.6. The molecule has 0 aliphatic carbocycles. The van der Waals surface area contributed by atoms with Crippen LogP contribution in [0.4, 0.5) is 0 Å². The number of nitrogens with zero attached hydrogens (tertiary/aromatic N) is 1. The SMILES string of the molecule is Cc1ncc(CNS(=O)(=O)c2ccc(C=O)o2)s1. The van der Waals surface area contributed by atoms with Crippen molar-refractivity contribution >= 4 is 27.6 Å². The molecule has 0 saturated carbocycles. The lowest BCUT2D eigenvalue weighted by Crippen LogP contribution is -2.22. The molecule has 0 aromatic carbocycles. The molecule has 2 aromatic rings. The van der Waals surface area contributed by atoms with Gasteiger partial charge in [0.2, 0.25) is 5.09 Å². The van der Waals surface area contributed by atoms with Crippen molar-refractivity contribution in [2.75, 3.05) is 0 Å². The molecule has 2 aromatic heterocycles. The average Bonchev–Trinajstić information content (AvgIpc) is 2.95. The first-order valence-corrected chi connectivity index (χ1v) is 7.27. The fourth-order valence-corrected chi connectivity index (χ4v) is 3.03. The Hall–Kier alpha value is -1.51. The van der Waals surface area contributed by atoms with Gasteiger partial charge in [0, 0.05) is 17.6 Å². The van der Waals surface area contributed by atoms with E-state index in [9.17, 15) is 13.2 Å². The summed E-state index contributed by atoms with van der Waals surface area (Å²) in [6, 6.07) is 2.54. The van der Waals surface area contributed by atoms with E-state index in [-0.39, 0.29) is 17.4 Å². The maximum atomic E-state index is 11.8. The lowest BCUT2D eigenvalue weighted by atomic mass is 10.5. The molecule has 0 amide bonds. The quantitative estimate of drug-likeness (QED) is 0.838. The van der Waals surface area contributed by atoms with E-state index in [2.05, 4.69) is 9.71 Å². The molecule has 0 aliphatic heterocycles. The van der Waals surface area contributed by atoms with Crippen LogP contribution in [-0.4, -0.2) is 19.7 Å². The largest absolute Gasteiger partial charge is 0.440 e. The topological polar surface area (TPSA) is 89.3 Å². The Morgan fingerprint density at radius 2 is 2.28 bits per heavy atom. The van der Waals surface area contributed by atoms with Gasteiger partial charge in [0.25, 0.3) is 10.0 Å². The molecule has 0 saturated heterocycles. The highest BCUT2D eigenvalue weighted by Gasteiger charge is 2.18. The van der Waals surface area contributed by atoms with Gasteiger partial charge in [0.05, 0.1) is 5.01 Å². The fourth-order valence-electron chi connectivity index (χ4n) is 1.27. The summed E-state index contributed by atoms with van der Waals surface area (Å²) in [6.45, 7) is 1.98. The first kappa shape index (κ1) is 12.9. The van der Waals surface area contributed by atoms with Crippen molar-refractivity contribution in [2.24, 2.45) is 0 Å². The summed E-state index contributed by atoms with van der Waals surface area (Å²) in [4.78, 5) is 15.2. The maximum absolute atomic E-state index is 11.8. The van der Waals surface area contributed by atoms with Gasteiger partial charge < -0.3 is 4.42 Å². The maximum Gasteiger partial charge on any atom is 0.274 e. The van der Waals surface area contributed by atoms with Gasteiger partial charge in [-0.3, -0.25) is 4.79 Å². The molecule has 0 fully saturated rings. The van der Waals surface area contributed by atoms with Crippen molar-refractivity contribution in [1.82, 2.24) is 9.71 Å². The summed E-state index contributed by atoms with van der Waals surface area (Å²) in [5.74, 6) is -0.0241. The lowest BCUT2D eigenvalue weighted by Gasteiger charge is -2.01. The van der Waals surface area contributed by atoms with E-state index in [4.69, 9.17) is 4.42 Å². The first-order valence-electron chi connectivity index (χ1n) is 4.97. The van der Waals surface area contributed by atoms with Crippen molar-refractivity contribution in [1.29, 1.82) is 0 Å². The van der Waals surface area contributed by atoms with E-state index >= 15 is 0 Å². The van der Waals surface area contributed by atoms with Crippen LogP contribution in [0.25, 0.3) is 0 Å². The second-order valence-corrected chi connectivity index (χ2v) is 6.46. The molecule has 2 heterocycles. The van der Waals surface area contributed by atoms with E-state index in [1.54, 1.807) is 6.20 Å². The van der Waals surface area contributed by atoms with Gasteiger partial charge >= 0.3 is 0 Å². The highest BCUT2D eigenvalue weighted by molar-refractivity contribution is 7.89. The summed E-state index contributed by atoms with van der Waals surface area (Å²) in [6.07, 6.45) is 2.06. The van der Waals surface area contributed by atoms with E-state index < -0.39 is 10.0 Å².